The van der Waals surface area contributed by atoms with E-state index >= 15 is 0 Å². The highest BCUT2D eigenvalue weighted by Gasteiger charge is 2.35. The van der Waals surface area contributed by atoms with Crippen molar-refractivity contribution in [1.29, 1.82) is 0 Å². The van der Waals surface area contributed by atoms with Crippen LogP contribution in [0.2, 0.25) is 0 Å². The third-order valence-electron chi connectivity index (χ3n) is 8.93. The summed E-state index contributed by atoms with van der Waals surface area (Å²) >= 11 is 3.57. The number of piperidine rings is 1. The number of ether oxygens (including phenoxy) is 3. The van der Waals surface area contributed by atoms with Crippen LogP contribution in [0.3, 0.4) is 0 Å². The lowest BCUT2D eigenvalue weighted by atomic mass is 9.96. The Hall–Kier alpha value is -3.05. The van der Waals surface area contributed by atoms with E-state index in [1.807, 2.05) is 12.1 Å². The molecule has 2 fully saturated rings. The Morgan fingerprint density at radius 1 is 1.07 bits per heavy atom. The van der Waals surface area contributed by atoms with Crippen molar-refractivity contribution in [2.75, 3.05) is 89.5 Å². The summed E-state index contributed by atoms with van der Waals surface area (Å²) in [6.07, 6.45) is 4.02. The van der Waals surface area contributed by atoms with Gasteiger partial charge in [0.15, 0.2) is 11.5 Å². The van der Waals surface area contributed by atoms with Crippen LogP contribution in [0, 0.1) is 6.92 Å². The zero-order valence-electron chi connectivity index (χ0n) is 26.9. The Balaban J connectivity index is 1.18. The van der Waals surface area contributed by atoms with Crippen LogP contribution in [-0.2, 0) is 4.57 Å². The van der Waals surface area contributed by atoms with Crippen molar-refractivity contribution in [3.63, 3.8) is 0 Å². The lowest BCUT2D eigenvalue weighted by molar-refractivity contribution is 0.0188. The molecule has 242 valence electrons. The molecule has 0 atom stereocenters. The number of nitrogens with one attached hydrogen (secondary N) is 2. The van der Waals surface area contributed by atoms with E-state index in [1.54, 1.807) is 26.6 Å². The standard InChI is InChI=1S/C32H43BrN7O4P/c1-20-15-25(28(42-4)16-26(20)39-11-9-21(10-12-39)40-18-22(19-40)38(2)3)36-32-34-17-23(33)31(37-32)35-24-7-8-27-29(44-14-13-43-27)30(24)45(5,6)41/h7-8,15-17,21-22H,9-14,18-19H2,1-6H3,(H2,34,35,36,37). The van der Waals surface area contributed by atoms with E-state index in [9.17, 15) is 4.57 Å². The summed E-state index contributed by atoms with van der Waals surface area (Å²) < 4.78 is 31.5. The number of nitrogens with zero attached hydrogens (tertiary/aromatic N) is 5. The van der Waals surface area contributed by atoms with Gasteiger partial charge in [-0.2, -0.15) is 4.98 Å². The first kappa shape index (κ1) is 31.9. The fourth-order valence-electron chi connectivity index (χ4n) is 6.37. The zero-order chi connectivity index (χ0) is 31.9. The zero-order valence-corrected chi connectivity index (χ0v) is 29.4. The predicted molar refractivity (Wildman–Crippen MR) is 185 cm³/mol. The van der Waals surface area contributed by atoms with Gasteiger partial charge in [0, 0.05) is 56.2 Å². The highest BCUT2D eigenvalue weighted by Crippen LogP contribution is 2.47. The van der Waals surface area contributed by atoms with Gasteiger partial charge in [0.05, 0.1) is 28.3 Å². The summed E-state index contributed by atoms with van der Waals surface area (Å²) in [6.45, 7) is 10.9. The molecule has 4 heterocycles. The molecule has 0 radical (unpaired) electrons. The lowest BCUT2D eigenvalue weighted by Crippen LogP contribution is -2.62. The third-order valence-corrected chi connectivity index (χ3v) is 11.0. The molecule has 0 aliphatic carbocycles. The van der Waals surface area contributed by atoms with Gasteiger partial charge in [0.2, 0.25) is 5.95 Å². The topological polar surface area (TPSA) is 104 Å². The molecule has 3 aliphatic heterocycles. The second kappa shape index (κ2) is 13.0. The van der Waals surface area contributed by atoms with E-state index in [0.717, 1.165) is 30.1 Å². The van der Waals surface area contributed by atoms with Crippen molar-refractivity contribution in [2.45, 2.75) is 31.8 Å². The van der Waals surface area contributed by atoms with Gasteiger partial charge in [-0.1, -0.05) is 0 Å². The number of methoxy groups -OCH3 is 1. The summed E-state index contributed by atoms with van der Waals surface area (Å²) in [5.41, 5.74) is 3.78. The normalized spacial score (nSPS) is 17.7. The van der Waals surface area contributed by atoms with E-state index < -0.39 is 7.14 Å². The van der Waals surface area contributed by atoms with Gasteiger partial charge in [-0.25, -0.2) is 4.98 Å². The summed E-state index contributed by atoms with van der Waals surface area (Å²) in [5.74, 6) is 2.76. The fourth-order valence-corrected chi connectivity index (χ4v) is 8.03. The molecular weight excluding hydrogens is 657 g/mol. The summed E-state index contributed by atoms with van der Waals surface area (Å²) in [6, 6.07) is 9.24. The number of aromatic nitrogens is 2. The lowest BCUT2D eigenvalue weighted by Gasteiger charge is -2.49. The largest absolute Gasteiger partial charge is 0.494 e. The van der Waals surface area contributed by atoms with Crippen LogP contribution in [-0.4, -0.2) is 106 Å². The molecule has 0 unspecified atom stereocenters. The second-order valence-corrected chi connectivity index (χ2v) is 16.6. The molecule has 2 saturated heterocycles. The van der Waals surface area contributed by atoms with Gasteiger partial charge < -0.3 is 39.2 Å². The van der Waals surface area contributed by atoms with Gasteiger partial charge in [-0.05, 0) is 86.9 Å². The van der Waals surface area contributed by atoms with E-state index in [-0.39, 0.29) is 0 Å². The number of likely N-dealkylation sites (N-methyl/N-ethyl adjacent to an activating group) is 1. The van der Waals surface area contributed by atoms with Crippen molar-refractivity contribution in [3.05, 3.63) is 40.5 Å². The van der Waals surface area contributed by atoms with Crippen molar-refractivity contribution in [2.24, 2.45) is 0 Å². The van der Waals surface area contributed by atoms with Gasteiger partial charge in [-0.3, -0.25) is 4.90 Å². The van der Waals surface area contributed by atoms with Crippen LogP contribution in [0.25, 0.3) is 0 Å². The number of anilines is 5. The van der Waals surface area contributed by atoms with Crippen molar-refractivity contribution < 1.29 is 18.8 Å². The van der Waals surface area contributed by atoms with Crippen molar-refractivity contribution in [1.82, 2.24) is 19.8 Å². The van der Waals surface area contributed by atoms with Crippen LogP contribution in [0.4, 0.5) is 28.8 Å². The predicted octanol–water partition coefficient (Wildman–Crippen LogP) is 5.28. The monoisotopic (exact) mass is 699 g/mol. The molecule has 3 aromatic rings. The number of halogens is 1. The quantitative estimate of drug-likeness (QED) is 0.285. The van der Waals surface area contributed by atoms with Gasteiger partial charge >= 0.3 is 0 Å². The van der Waals surface area contributed by atoms with Gasteiger partial charge in [0.25, 0.3) is 0 Å². The number of aryl methyl sites for hydroxylation is 1. The molecule has 11 nitrogen and oxygen atoms in total. The highest BCUT2D eigenvalue weighted by atomic mass is 79.9. The Bertz CT molecular complexity index is 1600. The number of rotatable bonds is 9. The van der Waals surface area contributed by atoms with E-state index in [4.69, 9.17) is 19.2 Å². The van der Waals surface area contributed by atoms with Crippen molar-refractivity contribution >= 4 is 57.2 Å². The number of benzene rings is 2. The maximum absolute atomic E-state index is 13.4. The first-order valence-electron chi connectivity index (χ1n) is 15.4. The average molecular weight is 701 g/mol. The highest BCUT2D eigenvalue weighted by molar-refractivity contribution is 9.10. The van der Waals surface area contributed by atoms with E-state index in [0.29, 0.717) is 64.0 Å². The second-order valence-electron chi connectivity index (χ2n) is 12.6. The summed E-state index contributed by atoms with van der Waals surface area (Å²) in [5, 5.41) is 7.31. The van der Waals surface area contributed by atoms with Crippen LogP contribution >= 0.6 is 23.1 Å². The fraction of sp³-hybridized carbons (Fsp3) is 0.500. The molecule has 45 heavy (non-hydrogen) atoms. The molecular formula is C32H43BrN7O4P. The average Bonchev–Trinajstić information content (AvgIpc) is 2.98. The smallest absolute Gasteiger partial charge is 0.229 e. The summed E-state index contributed by atoms with van der Waals surface area (Å²) in [4.78, 5) is 16.7. The van der Waals surface area contributed by atoms with E-state index in [1.165, 1.54) is 31.6 Å². The first-order valence-corrected chi connectivity index (χ1v) is 18.8. The van der Waals surface area contributed by atoms with Crippen LogP contribution < -0.4 is 35.0 Å². The van der Waals surface area contributed by atoms with Crippen LogP contribution in [0.5, 0.6) is 17.2 Å². The minimum absolute atomic E-state index is 0.396. The molecule has 2 aromatic carbocycles. The van der Waals surface area contributed by atoms with Crippen LogP contribution in [0.1, 0.15) is 18.4 Å². The molecule has 0 bridgehead atoms. The molecule has 2 N–H and O–H groups in total. The third kappa shape index (κ3) is 6.75. The Labute approximate surface area is 274 Å². The number of likely N-dealkylation sites (tertiary alicyclic amines) is 1. The van der Waals surface area contributed by atoms with Crippen molar-refractivity contribution in [3.8, 4) is 17.2 Å². The minimum Gasteiger partial charge on any atom is -0.494 e. The molecule has 3 aliphatic rings. The molecule has 0 saturated carbocycles. The Morgan fingerprint density at radius 3 is 2.49 bits per heavy atom. The molecule has 1 aromatic heterocycles. The summed E-state index contributed by atoms with van der Waals surface area (Å²) in [7, 11) is 3.28. The van der Waals surface area contributed by atoms with Gasteiger partial charge in [0.1, 0.15) is 31.9 Å². The SMILES string of the molecule is COc1cc(N2CCC(N3CC(N(C)C)C3)CC2)c(C)cc1Nc1ncc(Br)c(Nc2ccc3c(c2P(C)(C)=O)OCCO3)n1. The van der Waals surface area contributed by atoms with Crippen LogP contribution in [0.15, 0.2) is 34.9 Å². The van der Waals surface area contributed by atoms with Gasteiger partial charge in [-0.15, -0.1) is 0 Å². The molecule has 0 amide bonds. The number of hydrogen-bond donors (Lipinski definition) is 2. The molecule has 0 spiro atoms. The maximum atomic E-state index is 13.4. The Kier molecular flexibility index (Phi) is 9.21. The Morgan fingerprint density at radius 2 is 1.80 bits per heavy atom. The maximum Gasteiger partial charge on any atom is 0.229 e. The van der Waals surface area contributed by atoms with E-state index in [2.05, 4.69) is 79.4 Å². The number of fused-ring (bicyclic) bond motifs is 1. The minimum atomic E-state index is -2.75. The molecule has 13 heteroatoms. The number of hydrogen-bond acceptors (Lipinski definition) is 11. The molecule has 6 rings (SSSR count). The first-order chi connectivity index (χ1) is 21.5.